The van der Waals surface area contributed by atoms with Gasteiger partial charge in [-0.2, -0.15) is 0 Å². The number of thiazole rings is 1. The van der Waals surface area contributed by atoms with Gasteiger partial charge in [0.05, 0.1) is 11.7 Å². The monoisotopic (exact) mass is 268 g/mol. The molecule has 1 heterocycles. The van der Waals surface area contributed by atoms with Crippen LogP contribution >= 0.6 is 11.3 Å². The van der Waals surface area contributed by atoms with Crippen LogP contribution in [0.5, 0.6) is 0 Å². The predicted molar refractivity (Wildman–Crippen MR) is 81.3 cm³/mol. The predicted octanol–water partition coefficient (Wildman–Crippen LogP) is 4.53. The summed E-state index contributed by atoms with van der Waals surface area (Å²) in [5, 5.41) is 7.10. The number of hydrogen-bond acceptors (Lipinski definition) is 3. The van der Waals surface area contributed by atoms with E-state index < -0.39 is 0 Å². The summed E-state index contributed by atoms with van der Waals surface area (Å²) in [6.45, 7) is 14.4. The average molecular weight is 268 g/mol. The molecule has 1 rings (SSSR count). The number of aromatic nitrogens is 1. The largest absolute Gasteiger partial charge is 0.308 e. The minimum Gasteiger partial charge on any atom is -0.308 e. The standard InChI is InChI=1S/C15H28N2S/c1-7-11(8-2)13(16-9-3)14-17-12(10-18-14)15(4,5)6/h10-11,13,16H,7-9H2,1-6H3. The van der Waals surface area contributed by atoms with Crippen LogP contribution in [0.4, 0.5) is 0 Å². The van der Waals surface area contributed by atoms with E-state index in [1.165, 1.54) is 23.5 Å². The first-order chi connectivity index (χ1) is 8.43. The molecule has 0 spiro atoms. The van der Waals surface area contributed by atoms with Gasteiger partial charge in [-0.3, -0.25) is 0 Å². The summed E-state index contributed by atoms with van der Waals surface area (Å²) in [6.07, 6.45) is 2.41. The number of rotatable bonds is 6. The van der Waals surface area contributed by atoms with Gasteiger partial charge in [0, 0.05) is 10.8 Å². The minimum atomic E-state index is 0.152. The van der Waals surface area contributed by atoms with Crippen LogP contribution in [0, 0.1) is 5.92 Å². The van der Waals surface area contributed by atoms with Crippen molar-refractivity contribution in [3.8, 4) is 0 Å². The average Bonchev–Trinajstić information content (AvgIpc) is 2.78. The Morgan fingerprint density at radius 1 is 1.22 bits per heavy atom. The van der Waals surface area contributed by atoms with Gasteiger partial charge in [-0.15, -0.1) is 11.3 Å². The van der Waals surface area contributed by atoms with Gasteiger partial charge >= 0.3 is 0 Å². The molecule has 0 aliphatic heterocycles. The fourth-order valence-electron chi connectivity index (χ4n) is 2.21. The lowest BCUT2D eigenvalue weighted by Gasteiger charge is -2.24. The van der Waals surface area contributed by atoms with E-state index in [0.717, 1.165) is 6.54 Å². The molecule has 0 fully saturated rings. The van der Waals surface area contributed by atoms with Crippen molar-refractivity contribution in [2.24, 2.45) is 5.92 Å². The zero-order valence-corrected chi connectivity index (χ0v) is 13.5. The van der Waals surface area contributed by atoms with E-state index >= 15 is 0 Å². The zero-order valence-electron chi connectivity index (χ0n) is 12.7. The third kappa shape index (κ3) is 3.79. The molecule has 1 aromatic rings. The lowest BCUT2D eigenvalue weighted by Crippen LogP contribution is -2.28. The van der Waals surface area contributed by atoms with Gasteiger partial charge in [-0.25, -0.2) is 4.98 Å². The van der Waals surface area contributed by atoms with Crippen molar-refractivity contribution >= 4 is 11.3 Å². The fourth-order valence-corrected chi connectivity index (χ4v) is 3.42. The summed E-state index contributed by atoms with van der Waals surface area (Å²) in [7, 11) is 0. The maximum absolute atomic E-state index is 4.87. The van der Waals surface area contributed by atoms with Gasteiger partial charge in [-0.1, -0.05) is 54.4 Å². The van der Waals surface area contributed by atoms with Crippen molar-refractivity contribution in [2.75, 3.05) is 6.54 Å². The second kappa shape index (κ2) is 6.67. The first kappa shape index (κ1) is 15.6. The summed E-state index contributed by atoms with van der Waals surface area (Å²) in [5.41, 5.74) is 1.37. The molecule has 0 aliphatic carbocycles. The molecule has 3 heteroatoms. The quantitative estimate of drug-likeness (QED) is 0.820. The second-order valence-electron chi connectivity index (χ2n) is 5.93. The molecule has 0 radical (unpaired) electrons. The van der Waals surface area contributed by atoms with E-state index in [1.54, 1.807) is 0 Å². The topological polar surface area (TPSA) is 24.9 Å². The Hall–Kier alpha value is -0.410. The first-order valence-corrected chi connectivity index (χ1v) is 8.01. The van der Waals surface area contributed by atoms with Crippen LogP contribution in [-0.4, -0.2) is 11.5 Å². The van der Waals surface area contributed by atoms with Gasteiger partial charge in [-0.05, 0) is 12.5 Å². The van der Waals surface area contributed by atoms with Crippen molar-refractivity contribution in [2.45, 2.75) is 65.8 Å². The molecular formula is C15H28N2S. The smallest absolute Gasteiger partial charge is 0.110 e. The highest BCUT2D eigenvalue weighted by molar-refractivity contribution is 7.09. The molecule has 1 aromatic heterocycles. The Balaban J connectivity index is 2.95. The third-order valence-corrected chi connectivity index (χ3v) is 4.43. The van der Waals surface area contributed by atoms with Crippen LogP contribution < -0.4 is 5.32 Å². The Bertz CT molecular complexity index is 348. The van der Waals surface area contributed by atoms with Crippen molar-refractivity contribution in [3.05, 3.63) is 16.1 Å². The molecule has 0 amide bonds. The molecular weight excluding hydrogens is 240 g/mol. The second-order valence-corrected chi connectivity index (χ2v) is 6.82. The molecule has 0 saturated heterocycles. The third-order valence-electron chi connectivity index (χ3n) is 3.50. The van der Waals surface area contributed by atoms with Crippen LogP contribution in [0.25, 0.3) is 0 Å². The van der Waals surface area contributed by atoms with Crippen molar-refractivity contribution in [1.82, 2.24) is 10.3 Å². The van der Waals surface area contributed by atoms with E-state index in [1.807, 2.05) is 11.3 Å². The van der Waals surface area contributed by atoms with E-state index in [9.17, 15) is 0 Å². The molecule has 0 aromatic carbocycles. The van der Waals surface area contributed by atoms with Gasteiger partial charge in [0.1, 0.15) is 5.01 Å². The zero-order chi connectivity index (χ0) is 13.8. The summed E-state index contributed by atoms with van der Waals surface area (Å²) in [6, 6.07) is 0.422. The molecule has 1 N–H and O–H groups in total. The van der Waals surface area contributed by atoms with E-state index in [0.29, 0.717) is 12.0 Å². The summed E-state index contributed by atoms with van der Waals surface area (Å²) < 4.78 is 0. The Morgan fingerprint density at radius 3 is 2.22 bits per heavy atom. The SMILES string of the molecule is CCNC(c1nc(C(C)(C)C)cs1)C(CC)CC. The van der Waals surface area contributed by atoms with Gasteiger partial charge < -0.3 is 5.32 Å². The van der Waals surface area contributed by atoms with Crippen molar-refractivity contribution < 1.29 is 0 Å². The first-order valence-electron chi connectivity index (χ1n) is 7.13. The van der Waals surface area contributed by atoms with E-state index in [-0.39, 0.29) is 5.41 Å². The van der Waals surface area contributed by atoms with Crippen LogP contribution in [0.2, 0.25) is 0 Å². The highest BCUT2D eigenvalue weighted by Crippen LogP contribution is 2.32. The molecule has 1 unspecified atom stereocenters. The highest BCUT2D eigenvalue weighted by atomic mass is 32.1. The highest BCUT2D eigenvalue weighted by Gasteiger charge is 2.25. The maximum Gasteiger partial charge on any atom is 0.110 e. The molecule has 1 atom stereocenters. The number of nitrogens with zero attached hydrogens (tertiary/aromatic N) is 1. The lowest BCUT2D eigenvalue weighted by molar-refractivity contribution is 0.344. The molecule has 18 heavy (non-hydrogen) atoms. The van der Waals surface area contributed by atoms with Crippen LogP contribution in [0.15, 0.2) is 5.38 Å². The molecule has 2 nitrogen and oxygen atoms in total. The minimum absolute atomic E-state index is 0.152. The fraction of sp³-hybridized carbons (Fsp3) is 0.800. The molecule has 0 aliphatic rings. The summed E-state index contributed by atoms with van der Waals surface area (Å²) >= 11 is 1.81. The molecule has 0 saturated carbocycles. The maximum atomic E-state index is 4.87. The summed E-state index contributed by atoms with van der Waals surface area (Å²) in [4.78, 5) is 4.87. The van der Waals surface area contributed by atoms with Crippen LogP contribution in [0.1, 0.15) is 71.1 Å². The van der Waals surface area contributed by atoms with E-state index in [2.05, 4.69) is 52.2 Å². The van der Waals surface area contributed by atoms with Crippen LogP contribution in [0.3, 0.4) is 0 Å². The number of nitrogens with one attached hydrogen (secondary N) is 1. The van der Waals surface area contributed by atoms with Crippen LogP contribution in [-0.2, 0) is 5.41 Å². The normalized spacial score (nSPS) is 14.2. The molecule has 104 valence electrons. The number of hydrogen-bond donors (Lipinski definition) is 1. The van der Waals surface area contributed by atoms with Crippen molar-refractivity contribution in [3.63, 3.8) is 0 Å². The van der Waals surface area contributed by atoms with Gasteiger partial charge in [0.15, 0.2) is 0 Å². The Labute approximate surface area is 116 Å². The van der Waals surface area contributed by atoms with Gasteiger partial charge in [0.25, 0.3) is 0 Å². The van der Waals surface area contributed by atoms with Crippen molar-refractivity contribution in [1.29, 1.82) is 0 Å². The van der Waals surface area contributed by atoms with Gasteiger partial charge in [0.2, 0.25) is 0 Å². The lowest BCUT2D eigenvalue weighted by atomic mass is 9.92. The Morgan fingerprint density at radius 2 is 1.83 bits per heavy atom. The molecule has 0 bridgehead atoms. The Kier molecular flexibility index (Phi) is 5.80. The van der Waals surface area contributed by atoms with E-state index in [4.69, 9.17) is 4.98 Å². The summed E-state index contributed by atoms with van der Waals surface area (Å²) in [5.74, 6) is 0.684.